The normalized spacial score (nSPS) is 15.4. The van der Waals surface area contributed by atoms with Crippen molar-refractivity contribution in [2.75, 3.05) is 13.1 Å². The zero-order valence-electron chi connectivity index (χ0n) is 14.6. The molecule has 3 rings (SSSR count). The number of carbonyl (C=O) groups is 1. The van der Waals surface area contributed by atoms with E-state index in [1.807, 2.05) is 0 Å². The number of carbonyl (C=O) groups excluding carboxylic acids is 1. The van der Waals surface area contributed by atoms with E-state index in [1.54, 1.807) is 0 Å². The average molecular weight is 432 g/mol. The van der Waals surface area contributed by atoms with E-state index >= 15 is 0 Å². The quantitative estimate of drug-likeness (QED) is 0.719. The Bertz CT molecular complexity index is 951. The van der Waals surface area contributed by atoms with Crippen LogP contribution in [0.5, 0.6) is 0 Å². The highest BCUT2D eigenvalue weighted by molar-refractivity contribution is 7.92. The number of rotatable bonds is 5. The van der Waals surface area contributed by atoms with Crippen molar-refractivity contribution in [3.05, 3.63) is 64.7 Å². The molecular formula is C19H17ClF3NO3S. The summed E-state index contributed by atoms with van der Waals surface area (Å²) < 4.78 is 62.7. The minimum Gasteiger partial charge on any atom is -0.340 e. The summed E-state index contributed by atoms with van der Waals surface area (Å²) in [5.41, 5.74) is -0.118. The van der Waals surface area contributed by atoms with Crippen molar-refractivity contribution in [3.63, 3.8) is 0 Å². The molecule has 0 spiro atoms. The van der Waals surface area contributed by atoms with Crippen molar-refractivity contribution in [2.24, 2.45) is 0 Å². The lowest BCUT2D eigenvalue weighted by Crippen LogP contribution is -2.56. The van der Waals surface area contributed by atoms with Crippen LogP contribution in [0.1, 0.15) is 17.5 Å². The molecule has 150 valence electrons. The largest absolute Gasteiger partial charge is 0.416 e. The van der Waals surface area contributed by atoms with Crippen molar-refractivity contribution >= 4 is 27.3 Å². The summed E-state index contributed by atoms with van der Waals surface area (Å²) in [5, 5.41) is -0.226. The van der Waals surface area contributed by atoms with Crippen LogP contribution < -0.4 is 0 Å². The van der Waals surface area contributed by atoms with Crippen LogP contribution >= 0.6 is 11.6 Å². The fraction of sp³-hybridized carbons (Fsp3) is 0.316. The maximum atomic E-state index is 12.6. The molecule has 0 aromatic heterocycles. The number of hydrogen-bond acceptors (Lipinski definition) is 3. The number of hydrogen-bond donors (Lipinski definition) is 0. The van der Waals surface area contributed by atoms with Crippen LogP contribution in [0.4, 0.5) is 13.2 Å². The van der Waals surface area contributed by atoms with Gasteiger partial charge >= 0.3 is 6.18 Å². The monoisotopic (exact) mass is 431 g/mol. The molecule has 1 heterocycles. The van der Waals surface area contributed by atoms with Crippen LogP contribution in [0, 0.1) is 0 Å². The Morgan fingerprint density at radius 2 is 1.61 bits per heavy atom. The fourth-order valence-electron chi connectivity index (χ4n) is 2.92. The predicted molar refractivity (Wildman–Crippen MR) is 98.8 cm³/mol. The highest BCUT2D eigenvalue weighted by Gasteiger charge is 2.40. The van der Waals surface area contributed by atoms with Gasteiger partial charge in [0.15, 0.2) is 9.84 Å². The first-order valence-electron chi connectivity index (χ1n) is 8.51. The summed E-state index contributed by atoms with van der Waals surface area (Å²) in [6, 6.07) is 10.5. The van der Waals surface area contributed by atoms with Gasteiger partial charge in [-0.05, 0) is 48.4 Å². The summed E-state index contributed by atoms with van der Waals surface area (Å²) in [5.74, 6) is -0.220. The van der Waals surface area contributed by atoms with E-state index in [9.17, 15) is 26.4 Å². The number of sulfone groups is 1. The van der Waals surface area contributed by atoms with Crippen LogP contribution in [-0.2, 0) is 27.2 Å². The Morgan fingerprint density at radius 3 is 2.14 bits per heavy atom. The van der Waals surface area contributed by atoms with E-state index in [-0.39, 0.29) is 30.3 Å². The molecule has 1 fully saturated rings. The Morgan fingerprint density at radius 1 is 1.04 bits per heavy atom. The molecule has 0 N–H and O–H groups in total. The van der Waals surface area contributed by atoms with Gasteiger partial charge in [0.25, 0.3) is 0 Å². The van der Waals surface area contributed by atoms with E-state index in [2.05, 4.69) is 0 Å². The Kier molecular flexibility index (Phi) is 5.72. The van der Waals surface area contributed by atoms with Gasteiger partial charge in [-0.1, -0.05) is 23.7 Å². The molecule has 9 heteroatoms. The van der Waals surface area contributed by atoms with Crippen LogP contribution in [-0.4, -0.2) is 37.6 Å². The molecular weight excluding hydrogens is 415 g/mol. The lowest BCUT2D eigenvalue weighted by molar-refractivity contribution is -0.137. The molecule has 1 amide bonds. The SMILES string of the molecule is O=C(CCc1ccc(C(F)(F)F)cc1)N1CC(S(=O)(=O)c2ccc(Cl)cc2)C1. The third-order valence-corrected chi connectivity index (χ3v) is 7.05. The predicted octanol–water partition coefficient (Wildman–Crippen LogP) is 3.98. The standard InChI is InChI=1S/C19H17ClF3NO3S/c20-15-6-8-16(9-7-15)28(26,27)17-11-24(12-17)18(25)10-3-13-1-4-14(5-2-13)19(21,22)23/h1-2,4-9,17H,3,10-12H2. The molecule has 1 aliphatic rings. The molecule has 2 aromatic carbocycles. The molecule has 0 saturated carbocycles. The van der Waals surface area contributed by atoms with Gasteiger partial charge in [0.2, 0.25) is 5.91 Å². The zero-order chi connectivity index (χ0) is 20.5. The van der Waals surface area contributed by atoms with E-state index in [4.69, 9.17) is 11.6 Å². The van der Waals surface area contributed by atoms with Gasteiger partial charge in [0.1, 0.15) is 5.25 Å². The van der Waals surface area contributed by atoms with Gasteiger partial charge in [-0.25, -0.2) is 8.42 Å². The maximum Gasteiger partial charge on any atom is 0.416 e. The highest BCUT2D eigenvalue weighted by Crippen LogP contribution is 2.29. The molecule has 0 bridgehead atoms. The van der Waals surface area contributed by atoms with Crippen molar-refractivity contribution in [1.82, 2.24) is 4.90 Å². The molecule has 0 aliphatic carbocycles. The van der Waals surface area contributed by atoms with E-state index in [1.165, 1.54) is 41.3 Å². The van der Waals surface area contributed by atoms with Gasteiger partial charge < -0.3 is 4.90 Å². The first-order chi connectivity index (χ1) is 13.1. The number of benzene rings is 2. The number of aryl methyl sites for hydroxylation is 1. The zero-order valence-corrected chi connectivity index (χ0v) is 16.2. The summed E-state index contributed by atoms with van der Waals surface area (Å²) in [7, 11) is -3.53. The molecule has 0 unspecified atom stereocenters. The number of nitrogens with zero attached hydrogens (tertiary/aromatic N) is 1. The summed E-state index contributed by atoms with van der Waals surface area (Å²) in [6.45, 7) is 0.216. The van der Waals surface area contributed by atoms with Crippen LogP contribution in [0.15, 0.2) is 53.4 Å². The van der Waals surface area contributed by atoms with E-state index in [0.29, 0.717) is 17.0 Å². The Hall–Kier alpha value is -2.06. The molecule has 0 radical (unpaired) electrons. The Balaban J connectivity index is 1.52. The average Bonchev–Trinajstić information content (AvgIpc) is 2.58. The van der Waals surface area contributed by atoms with Gasteiger partial charge in [0.05, 0.1) is 10.5 Å². The fourth-order valence-corrected chi connectivity index (χ4v) is 4.70. The Labute approximate surface area is 165 Å². The third-order valence-electron chi connectivity index (χ3n) is 4.69. The minimum atomic E-state index is -4.39. The van der Waals surface area contributed by atoms with Gasteiger partial charge in [-0.15, -0.1) is 0 Å². The number of amides is 1. The van der Waals surface area contributed by atoms with Crippen molar-refractivity contribution in [1.29, 1.82) is 0 Å². The molecule has 0 atom stereocenters. The number of alkyl halides is 3. The van der Waals surface area contributed by atoms with Crippen molar-refractivity contribution in [3.8, 4) is 0 Å². The first kappa shape index (κ1) is 20.7. The number of halogens is 4. The lowest BCUT2D eigenvalue weighted by atomic mass is 10.1. The minimum absolute atomic E-state index is 0.108. The summed E-state index contributed by atoms with van der Waals surface area (Å²) >= 11 is 5.77. The second-order valence-electron chi connectivity index (χ2n) is 6.61. The summed E-state index contributed by atoms with van der Waals surface area (Å²) in [4.78, 5) is 13.8. The second kappa shape index (κ2) is 7.75. The maximum absolute atomic E-state index is 12.6. The van der Waals surface area contributed by atoms with Gasteiger partial charge in [-0.2, -0.15) is 13.2 Å². The molecule has 1 saturated heterocycles. The van der Waals surface area contributed by atoms with E-state index in [0.717, 1.165) is 12.1 Å². The highest BCUT2D eigenvalue weighted by atomic mass is 35.5. The van der Waals surface area contributed by atoms with Crippen LogP contribution in [0.25, 0.3) is 0 Å². The topological polar surface area (TPSA) is 54.5 Å². The van der Waals surface area contributed by atoms with Gasteiger partial charge in [0, 0.05) is 24.5 Å². The first-order valence-corrected chi connectivity index (χ1v) is 10.4. The second-order valence-corrected chi connectivity index (χ2v) is 9.28. The van der Waals surface area contributed by atoms with E-state index < -0.39 is 26.8 Å². The molecule has 28 heavy (non-hydrogen) atoms. The molecule has 1 aliphatic heterocycles. The number of likely N-dealkylation sites (tertiary alicyclic amines) is 1. The molecule has 2 aromatic rings. The van der Waals surface area contributed by atoms with Crippen molar-refractivity contribution < 1.29 is 26.4 Å². The van der Waals surface area contributed by atoms with Crippen LogP contribution in [0.2, 0.25) is 5.02 Å². The third kappa shape index (κ3) is 4.50. The van der Waals surface area contributed by atoms with Crippen molar-refractivity contribution in [2.45, 2.75) is 29.2 Å². The summed E-state index contributed by atoms with van der Waals surface area (Å²) in [6.07, 6.45) is -3.99. The van der Waals surface area contributed by atoms with Crippen LogP contribution in [0.3, 0.4) is 0 Å². The molecule has 4 nitrogen and oxygen atoms in total. The van der Waals surface area contributed by atoms with Gasteiger partial charge in [-0.3, -0.25) is 4.79 Å². The smallest absolute Gasteiger partial charge is 0.340 e. The lowest BCUT2D eigenvalue weighted by Gasteiger charge is -2.38.